The van der Waals surface area contributed by atoms with Crippen LogP contribution in [0.3, 0.4) is 0 Å². The van der Waals surface area contributed by atoms with Gasteiger partial charge in [-0.15, -0.1) is 0 Å². The van der Waals surface area contributed by atoms with E-state index in [2.05, 4.69) is 5.32 Å². The van der Waals surface area contributed by atoms with Gasteiger partial charge in [0.15, 0.2) is 0 Å². The van der Waals surface area contributed by atoms with Crippen LogP contribution in [-0.4, -0.2) is 25.3 Å². The summed E-state index contributed by atoms with van der Waals surface area (Å²) < 4.78 is 13.8. The Hall–Kier alpha value is -0.150. The monoisotopic (exact) mass is 200 g/mol. The molecule has 0 amide bonds. The highest BCUT2D eigenvalue weighted by Gasteiger charge is 2.34. The van der Waals surface area contributed by atoms with Gasteiger partial charge in [0.2, 0.25) is 0 Å². The molecule has 3 N–H and O–H groups in total. The smallest absolute Gasteiger partial charge is 0.105 e. The van der Waals surface area contributed by atoms with Crippen LogP contribution in [0, 0.1) is 11.8 Å². The first-order chi connectivity index (χ1) is 6.77. The minimum Gasteiger partial charge on any atom is -0.328 e. The van der Waals surface area contributed by atoms with E-state index < -0.39 is 6.17 Å². The molecule has 3 unspecified atom stereocenters. The molecule has 2 aliphatic rings. The Morgan fingerprint density at radius 3 is 2.43 bits per heavy atom. The van der Waals surface area contributed by atoms with E-state index in [9.17, 15) is 4.39 Å². The molecule has 0 aromatic carbocycles. The minimum absolute atomic E-state index is 0.114. The highest BCUT2D eigenvalue weighted by Crippen LogP contribution is 2.35. The van der Waals surface area contributed by atoms with E-state index in [1.165, 1.54) is 0 Å². The number of nitrogens with two attached hydrogens (primary N) is 1. The van der Waals surface area contributed by atoms with Gasteiger partial charge in [0, 0.05) is 6.04 Å². The van der Waals surface area contributed by atoms with Gasteiger partial charge in [-0.05, 0) is 57.0 Å². The van der Waals surface area contributed by atoms with Crippen LogP contribution in [-0.2, 0) is 0 Å². The average molecular weight is 200 g/mol. The van der Waals surface area contributed by atoms with Crippen LogP contribution in [0.5, 0.6) is 0 Å². The predicted molar refractivity (Wildman–Crippen MR) is 55.8 cm³/mol. The van der Waals surface area contributed by atoms with E-state index in [1.54, 1.807) is 0 Å². The van der Waals surface area contributed by atoms with Crippen molar-refractivity contribution in [3.63, 3.8) is 0 Å². The molecule has 2 nitrogen and oxygen atoms in total. The van der Waals surface area contributed by atoms with Gasteiger partial charge in [-0.2, -0.15) is 0 Å². The average Bonchev–Trinajstić information content (AvgIpc) is 2.19. The zero-order chi connectivity index (χ0) is 9.97. The molecule has 0 spiro atoms. The molecule has 2 fully saturated rings. The van der Waals surface area contributed by atoms with Gasteiger partial charge < -0.3 is 11.1 Å². The molecule has 1 aliphatic carbocycles. The van der Waals surface area contributed by atoms with Crippen molar-refractivity contribution in [2.24, 2.45) is 17.6 Å². The third-order valence-electron chi connectivity index (χ3n) is 3.85. The van der Waals surface area contributed by atoms with Gasteiger partial charge in [0.25, 0.3) is 0 Å². The maximum absolute atomic E-state index is 13.8. The van der Waals surface area contributed by atoms with Crippen LogP contribution in [0.2, 0.25) is 0 Å². The van der Waals surface area contributed by atoms with Crippen molar-refractivity contribution in [1.29, 1.82) is 0 Å². The molecule has 0 bridgehead atoms. The highest BCUT2D eigenvalue weighted by atomic mass is 19.1. The van der Waals surface area contributed by atoms with Crippen LogP contribution in [0.1, 0.15) is 32.1 Å². The summed E-state index contributed by atoms with van der Waals surface area (Å²) >= 11 is 0. The zero-order valence-corrected chi connectivity index (χ0v) is 8.71. The van der Waals surface area contributed by atoms with Crippen LogP contribution >= 0.6 is 0 Å². The first-order valence-electron chi connectivity index (χ1n) is 5.87. The fourth-order valence-electron chi connectivity index (χ4n) is 2.97. The molecular formula is C11H21FN2. The number of rotatable bonds is 1. The summed E-state index contributed by atoms with van der Waals surface area (Å²) in [5.41, 5.74) is 5.76. The summed E-state index contributed by atoms with van der Waals surface area (Å²) in [6.45, 7) is 2.14. The normalized spacial score (nSPS) is 41.1. The lowest BCUT2D eigenvalue weighted by atomic mass is 9.74. The first kappa shape index (κ1) is 10.4. The van der Waals surface area contributed by atoms with E-state index in [0.29, 0.717) is 18.3 Å². The summed E-state index contributed by atoms with van der Waals surface area (Å²) in [6.07, 6.45) is 4.29. The fraction of sp³-hybridized carbons (Fsp3) is 1.00. The number of piperidine rings is 1. The molecule has 1 aliphatic heterocycles. The SMILES string of the molecule is NC1CCC(C2CCNCC2)C(F)C1. The Labute approximate surface area is 85.4 Å². The molecular weight excluding hydrogens is 179 g/mol. The Morgan fingerprint density at radius 2 is 1.79 bits per heavy atom. The summed E-state index contributed by atoms with van der Waals surface area (Å²) in [5, 5.41) is 3.33. The lowest BCUT2D eigenvalue weighted by Crippen LogP contribution is -2.41. The third-order valence-corrected chi connectivity index (χ3v) is 3.85. The second kappa shape index (κ2) is 4.58. The van der Waals surface area contributed by atoms with E-state index in [4.69, 9.17) is 5.73 Å². The number of hydrogen-bond acceptors (Lipinski definition) is 2. The van der Waals surface area contributed by atoms with Gasteiger partial charge in [-0.25, -0.2) is 4.39 Å². The molecule has 0 radical (unpaired) electrons. The van der Waals surface area contributed by atoms with Crippen molar-refractivity contribution in [1.82, 2.24) is 5.32 Å². The number of hydrogen-bond donors (Lipinski definition) is 2. The van der Waals surface area contributed by atoms with E-state index in [1.807, 2.05) is 0 Å². The Kier molecular flexibility index (Phi) is 3.39. The molecule has 1 saturated heterocycles. The lowest BCUT2D eigenvalue weighted by molar-refractivity contribution is 0.0872. The van der Waals surface area contributed by atoms with Crippen molar-refractivity contribution in [2.75, 3.05) is 13.1 Å². The maximum Gasteiger partial charge on any atom is 0.105 e. The quantitative estimate of drug-likeness (QED) is 0.672. The molecule has 14 heavy (non-hydrogen) atoms. The van der Waals surface area contributed by atoms with E-state index in [0.717, 1.165) is 38.8 Å². The van der Waals surface area contributed by atoms with Crippen LogP contribution in [0.4, 0.5) is 4.39 Å². The highest BCUT2D eigenvalue weighted by molar-refractivity contribution is 4.87. The van der Waals surface area contributed by atoms with E-state index >= 15 is 0 Å². The lowest BCUT2D eigenvalue weighted by Gasteiger charge is -2.37. The van der Waals surface area contributed by atoms with Crippen LogP contribution in [0.25, 0.3) is 0 Å². The molecule has 82 valence electrons. The Morgan fingerprint density at radius 1 is 1.07 bits per heavy atom. The second-order valence-electron chi connectivity index (χ2n) is 4.84. The second-order valence-corrected chi connectivity index (χ2v) is 4.84. The van der Waals surface area contributed by atoms with Gasteiger partial charge in [0.1, 0.15) is 6.17 Å². The summed E-state index contributed by atoms with van der Waals surface area (Å²) in [6, 6.07) is 0.114. The van der Waals surface area contributed by atoms with Crippen LogP contribution in [0.15, 0.2) is 0 Å². The van der Waals surface area contributed by atoms with Crippen molar-refractivity contribution >= 4 is 0 Å². The van der Waals surface area contributed by atoms with Gasteiger partial charge >= 0.3 is 0 Å². The summed E-state index contributed by atoms with van der Waals surface area (Å²) in [4.78, 5) is 0. The largest absolute Gasteiger partial charge is 0.328 e. The molecule has 1 heterocycles. The van der Waals surface area contributed by atoms with Crippen molar-refractivity contribution in [3.8, 4) is 0 Å². The van der Waals surface area contributed by atoms with Crippen molar-refractivity contribution < 1.29 is 4.39 Å². The van der Waals surface area contributed by atoms with Crippen molar-refractivity contribution in [3.05, 3.63) is 0 Å². The molecule has 0 aromatic heterocycles. The fourth-order valence-corrected chi connectivity index (χ4v) is 2.97. The Balaban J connectivity index is 1.89. The standard InChI is InChI=1S/C11H21FN2/c12-11-7-9(13)1-2-10(11)8-3-5-14-6-4-8/h8-11,14H,1-7,13H2. The maximum atomic E-state index is 13.8. The number of nitrogens with one attached hydrogen (secondary N) is 1. The van der Waals surface area contributed by atoms with Gasteiger partial charge in [-0.1, -0.05) is 0 Å². The number of halogens is 1. The molecule has 0 aromatic rings. The Bertz CT molecular complexity index is 180. The molecule has 2 rings (SSSR count). The summed E-state index contributed by atoms with van der Waals surface area (Å²) in [5.74, 6) is 0.913. The van der Waals surface area contributed by atoms with Gasteiger partial charge in [-0.3, -0.25) is 0 Å². The topological polar surface area (TPSA) is 38.0 Å². The molecule has 3 heteroatoms. The first-order valence-corrected chi connectivity index (χ1v) is 5.87. The van der Waals surface area contributed by atoms with Crippen molar-refractivity contribution in [2.45, 2.75) is 44.3 Å². The van der Waals surface area contributed by atoms with Crippen LogP contribution < -0.4 is 11.1 Å². The van der Waals surface area contributed by atoms with Gasteiger partial charge in [0.05, 0.1) is 0 Å². The minimum atomic E-state index is -0.637. The molecule has 1 saturated carbocycles. The summed E-state index contributed by atoms with van der Waals surface area (Å²) in [7, 11) is 0. The predicted octanol–water partition coefficient (Wildman–Crippen LogP) is 1.45. The third kappa shape index (κ3) is 2.26. The van der Waals surface area contributed by atoms with E-state index in [-0.39, 0.29) is 6.04 Å². The number of alkyl halides is 1. The molecule has 3 atom stereocenters. The zero-order valence-electron chi connectivity index (χ0n) is 8.71.